The van der Waals surface area contributed by atoms with Crippen molar-refractivity contribution in [3.63, 3.8) is 0 Å². The fourth-order valence-corrected chi connectivity index (χ4v) is 9.81. The highest BCUT2D eigenvalue weighted by molar-refractivity contribution is 6.50. The first-order valence-corrected chi connectivity index (χ1v) is 21.0. The summed E-state index contributed by atoms with van der Waals surface area (Å²) < 4.78 is 11.7. The molecule has 2 heterocycles. The van der Waals surface area contributed by atoms with E-state index in [0.717, 1.165) is 58.7 Å². The van der Waals surface area contributed by atoms with E-state index in [4.69, 9.17) is 18.5 Å². The molecule has 0 bridgehead atoms. The number of rotatable bonds is 17. The van der Waals surface area contributed by atoms with Gasteiger partial charge in [0.2, 0.25) is 0 Å². The van der Waals surface area contributed by atoms with Gasteiger partial charge < -0.3 is 18.7 Å². The normalized spacial score (nSPS) is 13.8. The fraction of sp³-hybridized carbons (Fsp3) is 0.412. The van der Waals surface area contributed by atoms with Crippen LogP contribution in [0.1, 0.15) is 86.3 Å². The standard InChI is InChI=1S/C51H61BO7/c1-34(25-35-21-23-39-28-41(37-17-13-11-14-18-37)45(53)56-43(39)26-35)30-49(4,5)47(58-59-52(10)33-51(8,9)55)50(6,7)32-48(2,3)31-36-22-24-40-29-42(38-19-15-12-16-20-38)46(54)57-44(40)27-36/h11-24,26-29,34,47,55H,25,30-33H2,1-10H3. The SMILES string of the molecule is CB(CC(C)(C)O)OOC(C(C)(C)CC(C)Cc1ccc2cc(-c3ccccc3)c(=O)oc2c1)C(C)(C)CC(C)(C)Cc1ccc2cc(-c3ccccc3)c(=O)oc2c1. The van der Waals surface area contributed by atoms with E-state index in [-0.39, 0.29) is 46.4 Å². The lowest BCUT2D eigenvalue weighted by Crippen LogP contribution is -2.47. The largest absolute Gasteiger partial charge is 0.422 e. The van der Waals surface area contributed by atoms with Gasteiger partial charge in [0, 0.05) is 10.8 Å². The van der Waals surface area contributed by atoms with Crippen molar-refractivity contribution in [2.75, 3.05) is 0 Å². The zero-order chi connectivity index (χ0) is 42.8. The molecule has 0 aliphatic carbocycles. The summed E-state index contributed by atoms with van der Waals surface area (Å²) in [5.74, 6) is 0.260. The van der Waals surface area contributed by atoms with Gasteiger partial charge in [-0.2, -0.15) is 0 Å². The van der Waals surface area contributed by atoms with E-state index in [1.165, 1.54) is 0 Å². The summed E-state index contributed by atoms with van der Waals surface area (Å²) in [6.07, 6.45) is 3.34. The monoisotopic (exact) mass is 796 g/mol. The molecule has 2 aromatic heterocycles. The van der Waals surface area contributed by atoms with Crippen LogP contribution in [0.5, 0.6) is 0 Å². The van der Waals surface area contributed by atoms with E-state index in [9.17, 15) is 14.7 Å². The molecule has 0 spiro atoms. The number of benzene rings is 4. The Labute approximate surface area is 349 Å². The van der Waals surface area contributed by atoms with Crippen LogP contribution in [0, 0.1) is 22.2 Å². The molecule has 2 unspecified atom stereocenters. The molecule has 59 heavy (non-hydrogen) atoms. The Morgan fingerprint density at radius 1 is 0.661 bits per heavy atom. The summed E-state index contributed by atoms with van der Waals surface area (Å²) >= 11 is 0. The van der Waals surface area contributed by atoms with Gasteiger partial charge in [-0.05, 0) is 115 Å². The van der Waals surface area contributed by atoms with Gasteiger partial charge in [0.1, 0.15) is 17.3 Å². The van der Waals surface area contributed by atoms with E-state index in [2.05, 4.69) is 60.6 Å². The third kappa shape index (κ3) is 11.3. The van der Waals surface area contributed by atoms with Gasteiger partial charge >= 0.3 is 18.2 Å². The first kappa shape index (κ1) is 43.8. The highest BCUT2D eigenvalue weighted by Crippen LogP contribution is 2.48. The fourth-order valence-electron chi connectivity index (χ4n) is 9.81. The summed E-state index contributed by atoms with van der Waals surface area (Å²) in [5.41, 5.74) is 3.72. The molecule has 4 aromatic carbocycles. The van der Waals surface area contributed by atoms with E-state index >= 15 is 0 Å². The van der Waals surface area contributed by atoms with Crippen LogP contribution >= 0.6 is 0 Å². The van der Waals surface area contributed by atoms with Crippen LogP contribution in [-0.4, -0.2) is 23.7 Å². The van der Waals surface area contributed by atoms with Crippen LogP contribution in [0.25, 0.3) is 44.2 Å². The molecule has 7 nitrogen and oxygen atoms in total. The molecule has 310 valence electrons. The quantitative estimate of drug-likeness (QED) is 0.0425. The molecular formula is C51H61BO7. The number of aliphatic hydroxyl groups is 1. The summed E-state index contributed by atoms with van der Waals surface area (Å²) in [5, 5.41) is 12.3. The molecule has 0 amide bonds. The first-order chi connectivity index (χ1) is 27.7. The molecule has 0 aliphatic rings. The van der Waals surface area contributed by atoms with Crippen LogP contribution in [0.15, 0.2) is 128 Å². The van der Waals surface area contributed by atoms with Gasteiger partial charge in [-0.3, -0.25) is 0 Å². The van der Waals surface area contributed by atoms with E-state index in [0.29, 0.717) is 28.6 Å². The topological polar surface area (TPSA) is 99.1 Å². The molecule has 6 rings (SSSR count). The summed E-state index contributed by atoms with van der Waals surface area (Å²) in [6, 6.07) is 35.4. The maximum absolute atomic E-state index is 13.0. The predicted molar refractivity (Wildman–Crippen MR) is 242 cm³/mol. The highest BCUT2D eigenvalue weighted by atomic mass is 17.2. The van der Waals surface area contributed by atoms with Crippen LogP contribution in [-0.2, 0) is 22.5 Å². The Balaban J connectivity index is 1.20. The van der Waals surface area contributed by atoms with Gasteiger partial charge in [-0.15, -0.1) is 0 Å². The van der Waals surface area contributed by atoms with Crippen LogP contribution in [0.4, 0.5) is 0 Å². The van der Waals surface area contributed by atoms with Gasteiger partial charge in [-0.25, -0.2) is 14.5 Å². The average Bonchev–Trinajstić information content (AvgIpc) is 3.13. The molecule has 8 heteroatoms. The smallest absolute Gasteiger partial charge is 0.344 e. The third-order valence-electron chi connectivity index (χ3n) is 11.4. The second kappa shape index (κ2) is 17.5. The molecule has 1 N–H and O–H groups in total. The lowest BCUT2D eigenvalue weighted by Gasteiger charge is -2.47. The summed E-state index contributed by atoms with van der Waals surface area (Å²) in [7, 11) is 0. The molecule has 6 aromatic rings. The van der Waals surface area contributed by atoms with Crippen molar-refractivity contribution in [3.8, 4) is 22.3 Å². The zero-order valence-corrected chi connectivity index (χ0v) is 36.6. The lowest BCUT2D eigenvalue weighted by atomic mass is 9.62. The second-order valence-electron chi connectivity index (χ2n) is 19.8. The maximum atomic E-state index is 13.0. The molecule has 0 radical (unpaired) electrons. The first-order valence-electron chi connectivity index (χ1n) is 21.0. The Kier molecular flexibility index (Phi) is 13.0. The van der Waals surface area contributed by atoms with Crippen molar-refractivity contribution in [2.24, 2.45) is 22.2 Å². The predicted octanol–water partition coefficient (Wildman–Crippen LogP) is 12.2. The van der Waals surface area contributed by atoms with Gasteiger partial charge in [0.15, 0.2) is 0 Å². The number of fused-ring (bicyclic) bond motifs is 2. The summed E-state index contributed by atoms with van der Waals surface area (Å²) in [6.45, 7) is 21.0. The Bertz CT molecular complexity index is 2470. The second-order valence-corrected chi connectivity index (χ2v) is 19.8. The van der Waals surface area contributed by atoms with E-state index < -0.39 is 5.60 Å². The molecule has 0 saturated heterocycles. The third-order valence-corrected chi connectivity index (χ3v) is 11.4. The van der Waals surface area contributed by atoms with Crippen LogP contribution in [0.3, 0.4) is 0 Å². The van der Waals surface area contributed by atoms with Crippen LogP contribution < -0.4 is 11.3 Å². The lowest BCUT2D eigenvalue weighted by molar-refractivity contribution is -0.307. The van der Waals surface area contributed by atoms with Crippen molar-refractivity contribution in [1.82, 2.24) is 0 Å². The molecule has 0 aliphatic heterocycles. The van der Waals surface area contributed by atoms with Crippen molar-refractivity contribution < 1.29 is 23.6 Å². The molecule has 0 saturated carbocycles. The Morgan fingerprint density at radius 2 is 1.15 bits per heavy atom. The van der Waals surface area contributed by atoms with Gasteiger partial charge in [-0.1, -0.05) is 140 Å². The molecule has 2 atom stereocenters. The number of hydrogen-bond acceptors (Lipinski definition) is 7. The van der Waals surface area contributed by atoms with E-state index in [1.54, 1.807) is 13.8 Å². The van der Waals surface area contributed by atoms with E-state index in [1.807, 2.05) is 104 Å². The maximum Gasteiger partial charge on any atom is 0.344 e. The zero-order valence-electron chi connectivity index (χ0n) is 36.6. The minimum Gasteiger partial charge on any atom is -0.422 e. The van der Waals surface area contributed by atoms with Gasteiger partial charge in [0.05, 0.1) is 16.7 Å². The summed E-state index contributed by atoms with van der Waals surface area (Å²) in [4.78, 5) is 38.8. The Morgan fingerprint density at radius 3 is 1.66 bits per heavy atom. The number of hydrogen-bond donors (Lipinski definition) is 1. The van der Waals surface area contributed by atoms with Gasteiger partial charge in [0.25, 0.3) is 0 Å². The van der Waals surface area contributed by atoms with Crippen molar-refractivity contribution in [3.05, 3.63) is 141 Å². The average molecular weight is 797 g/mol. The van der Waals surface area contributed by atoms with Crippen molar-refractivity contribution >= 4 is 28.9 Å². The molecular weight excluding hydrogens is 735 g/mol. The highest BCUT2D eigenvalue weighted by Gasteiger charge is 2.46. The van der Waals surface area contributed by atoms with Crippen molar-refractivity contribution in [1.29, 1.82) is 0 Å². The van der Waals surface area contributed by atoms with Crippen LogP contribution in [0.2, 0.25) is 13.1 Å². The minimum absolute atomic E-state index is 0.168. The Hall–Kier alpha value is -4.76. The molecule has 0 fully saturated rings. The minimum atomic E-state index is -0.899. The van der Waals surface area contributed by atoms with Crippen molar-refractivity contribution in [2.45, 2.75) is 113 Å².